The van der Waals surface area contributed by atoms with Crippen molar-refractivity contribution in [2.75, 3.05) is 6.54 Å². The average Bonchev–Trinajstić information content (AvgIpc) is 3.26. The first kappa shape index (κ1) is 15.8. The fraction of sp³-hybridized carbons (Fsp3) is 0.389. The first-order chi connectivity index (χ1) is 12.2. The Morgan fingerprint density at radius 2 is 2.28 bits per heavy atom. The highest BCUT2D eigenvalue weighted by Crippen LogP contribution is 2.21. The van der Waals surface area contributed by atoms with Gasteiger partial charge in [0.05, 0.1) is 23.7 Å². The third-order valence-corrected chi connectivity index (χ3v) is 4.80. The molecule has 0 aliphatic carbocycles. The van der Waals surface area contributed by atoms with Crippen LogP contribution in [0.3, 0.4) is 0 Å². The van der Waals surface area contributed by atoms with Gasteiger partial charge in [0.15, 0.2) is 11.6 Å². The van der Waals surface area contributed by atoms with Crippen LogP contribution in [0.25, 0.3) is 11.6 Å². The fourth-order valence-electron chi connectivity index (χ4n) is 3.35. The minimum absolute atomic E-state index is 0.0814. The highest BCUT2D eigenvalue weighted by atomic mass is 16.3. The van der Waals surface area contributed by atoms with Crippen LogP contribution in [-0.4, -0.2) is 31.2 Å². The summed E-state index contributed by atoms with van der Waals surface area (Å²) in [5.41, 5.74) is 3.94. The van der Waals surface area contributed by atoms with Crippen LogP contribution in [0.1, 0.15) is 29.4 Å². The van der Waals surface area contributed by atoms with Crippen LogP contribution in [0, 0.1) is 6.92 Å². The van der Waals surface area contributed by atoms with Crippen LogP contribution in [0.4, 0.5) is 0 Å². The van der Waals surface area contributed by atoms with Gasteiger partial charge in [-0.3, -0.25) is 14.4 Å². The first-order valence-corrected chi connectivity index (χ1v) is 8.55. The molecule has 3 aromatic heterocycles. The monoisotopic (exact) mass is 339 g/mol. The Morgan fingerprint density at radius 3 is 3.00 bits per heavy atom. The average molecular weight is 339 g/mol. The Hall–Kier alpha value is -2.67. The van der Waals surface area contributed by atoms with Crippen molar-refractivity contribution in [1.29, 1.82) is 0 Å². The maximum Gasteiger partial charge on any atom is 0.256 e. The lowest BCUT2D eigenvalue weighted by Gasteiger charge is -2.27. The zero-order chi connectivity index (χ0) is 17.4. The Balaban J connectivity index is 1.57. The summed E-state index contributed by atoms with van der Waals surface area (Å²) in [6.45, 7) is 7.32. The van der Waals surface area contributed by atoms with Gasteiger partial charge in [-0.1, -0.05) is 0 Å². The molecule has 0 atom stereocenters. The number of hydrogen-bond donors (Lipinski definition) is 1. The molecule has 0 bridgehead atoms. The molecule has 1 N–H and O–H groups in total. The maximum absolute atomic E-state index is 12.5. The summed E-state index contributed by atoms with van der Waals surface area (Å²) in [5, 5.41) is 4.40. The van der Waals surface area contributed by atoms with Crippen LogP contribution < -0.4 is 5.56 Å². The van der Waals surface area contributed by atoms with Crippen molar-refractivity contribution in [2.45, 2.75) is 39.9 Å². The van der Waals surface area contributed by atoms with Crippen molar-refractivity contribution in [1.82, 2.24) is 24.6 Å². The lowest BCUT2D eigenvalue weighted by Crippen LogP contribution is -2.35. The van der Waals surface area contributed by atoms with Crippen molar-refractivity contribution in [3.63, 3.8) is 0 Å². The van der Waals surface area contributed by atoms with Crippen molar-refractivity contribution in [3.05, 3.63) is 57.5 Å². The molecule has 0 amide bonds. The van der Waals surface area contributed by atoms with Gasteiger partial charge in [0.25, 0.3) is 5.56 Å². The van der Waals surface area contributed by atoms with Crippen molar-refractivity contribution < 1.29 is 4.42 Å². The number of furan rings is 1. The van der Waals surface area contributed by atoms with Crippen LogP contribution in [-0.2, 0) is 26.1 Å². The molecule has 130 valence electrons. The van der Waals surface area contributed by atoms with Gasteiger partial charge in [-0.15, -0.1) is 0 Å². The molecule has 4 heterocycles. The number of fused-ring (bicyclic) bond motifs is 1. The number of hydrogen-bond acceptors (Lipinski definition) is 5. The Labute approximate surface area is 145 Å². The molecule has 3 aromatic rings. The molecule has 1 aliphatic heterocycles. The molecule has 7 heteroatoms. The highest BCUT2D eigenvalue weighted by Gasteiger charge is 2.23. The van der Waals surface area contributed by atoms with Gasteiger partial charge < -0.3 is 9.40 Å². The van der Waals surface area contributed by atoms with Gasteiger partial charge >= 0.3 is 0 Å². The van der Waals surface area contributed by atoms with E-state index in [1.807, 2.05) is 10.9 Å². The van der Waals surface area contributed by atoms with Gasteiger partial charge in [0.2, 0.25) is 0 Å². The molecular weight excluding hydrogens is 318 g/mol. The van der Waals surface area contributed by atoms with Gasteiger partial charge in [-0.05, 0) is 26.0 Å². The van der Waals surface area contributed by atoms with Crippen molar-refractivity contribution in [2.24, 2.45) is 0 Å². The lowest BCUT2D eigenvalue weighted by molar-refractivity contribution is 0.241. The minimum Gasteiger partial charge on any atom is -0.461 e. The normalized spacial score (nSPS) is 14.6. The summed E-state index contributed by atoms with van der Waals surface area (Å²) < 4.78 is 7.34. The summed E-state index contributed by atoms with van der Waals surface area (Å²) in [6.07, 6.45) is 4.26. The number of aryl methyl sites for hydroxylation is 1. The molecule has 0 fully saturated rings. The smallest absolute Gasteiger partial charge is 0.256 e. The van der Waals surface area contributed by atoms with E-state index in [1.54, 1.807) is 18.4 Å². The number of rotatable bonds is 4. The second-order valence-electron chi connectivity index (χ2n) is 6.35. The summed E-state index contributed by atoms with van der Waals surface area (Å²) in [4.78, 5) is 22.2. The Bertz CT molecular complexity index is 939. The summed E-state index contributed by atoms with van der Waals surface area (Å²) >= 11 is 0. The highest BCUT2D eigenvalue weighted by molar-refractivity contribution is 5.47. The lowest BCUT2D eigenvalue weighted by atomic mass is 10.1. The van der Waals surface area contributed by atoms with E-state index in [1.165, 1.54) is 11.3 Å². The molecule has 1 aliphatic rings. The zero-order valence-corrected chi connectivity index (χ0v) is 14.5. The number of nitrogens with zero attached hydrogens (tertiary/aromatic N) is 4. The molecule has 0 unspecified atom stereocenters. The van der Waals surface area contributed by atoms with E-state index in [0.29, 0.717) is 18.1 Å². The molecule has 25 heavy (non-hydrogen) atoms. The van der Waals surface area contributed by atoms with Gasteiger partial charge in [0, 0.05) is 43.9 Å². The predicted octanol–water partition coefficient (Wildman–Crippen LogP) is 2.11. The third kappa shape index (κ3) is 2.91. The second kappa shape index (κ2) is 6.33. The van der Waals surface area contributed by atoms with Crippen LogP contribution in [0.15, 0.2) is 33.8 Å². The van der Waals surface area contributed by atoms with E-state index in [4.69, 9.17) is 4.42 Å². The van der Waals surface area contributed by atoms with E-state index in [-0.39, 0.29) is 5.56 Å². The predicted molar refractivity (Wildman–Crippen MR) is 93.0 cm³/mol. The molecule has 0 saturated heterocycles. The standard InChI is InChI=1S/C18H21N5O2/c1-3-23-12(2)13(9-19-23)10-22-7-6-15-14(11-22)18(24)21-17(20-15)16-5-4-8-25-16/h4-5,8-9H,3,6-7,10-11H2,1-2H3,(H,20,21,24). The van der Waals surface area contributed by atoms with E-state index >= 15 is 0 Å². The fourth-order valence-corrected chi connectivity index (χ4v) is 3.35. The van der Waals surface area contributed by atoms with Crippen molar-refractivity contribution >= 4 is 0 Å². The van der Waals surface area contributed by atoms with E-state index in [0.717, 1.165) is 37.3 Å². The first-order valence-electron chi connectivity index (χ1n) is 8.55. The SMILES string of the molecule is CCn1ncc(CN2CCc3nc(-c4ccco4)[nH]c(=O)c3C2)c1C. The third-order valence-electron chi connectivity index (χ3n) is 4.80. The Kier molecular flexibility index (Phi) is 4.01. The number of H-pyrrole nitrogens is 1. The summed E-state index contributed by atoms with van der Waals surface area (Å²) in [5.74, 6) is 1.09. The largest absolute Gasteiger partial charge is 0.461 e. The van der Waals surface area contributed by atoms with Crippen molar-refractivity contribution in [3.8, 4) is 11.6 Å². The van der Waals surface area contributed by atoms with E-state index in [2.05, 4.69) is 33.8 Å². The molecule has 0 saturated carbocycles. The summed E-state index contributed by atoms with van der Waals surface area (Å²) in [6, 6.07) is 3.59. The minimum atomic E-state index is -0.0814. The number of aromatic nitrogens is 4. The van der Waals surface area contributed by atoms with Crippen LogP contribution >= 0.6 is 0 Å². The Morgan fingerprint density at radius 1 is 1.40 bits per heavy atom. The molecular formula is C18H21N5O2. The maximum atomic E-state index is 12.5. The van der Waals surface area contributed by atoms with Gasteiger partial charge in [-0.2, -0.15) is 5.10 Å². The van der Waals surface area contributed by atoms with Crippen LogP contribution in [0.2, 0.25) is 0 Å². The van der Waals surface area contributed by atoms with Gasteiger partial charge in [-0.25, -0.2) is 4.98 Å². The van der Waals surface area contributed by atoms with E-state index in [9.17, 15) is 4.79 Å². The number of aromatic amines is 1. The molecule has 0 spiro atoms. The van der Waals surface area contributed by atoms with E-state index < -0.39 is 0 Å². The molecule has 7 nitrogen and oxygen atoms in total. The molecule has 0 radical (unpaired) electrons. The molecule has 4 rings (SSSR count). The topological polar surface area (TPSA) is 80.0 Å². The molecule has 0 aromatic carbocycles. The summed E-state index contributed by atoms with van der Waals surface area (Å²) in [7, 11) is 0. The number of nitrogens with one attached hydrogen (secondary N) is 1. The second-order valence-corrected chi connectivity index (χ2v) is 6.35. The van der Waals surface area contributed by atoms with Gasteiger partial charge in [0.1, 0.15) is 0 Å². The zero-order valence-electron chi connectivity index (χ0n) is 14.5. The quantitative estimate of drug-likeness (QED) is 0.787. The van der Waals surface area contributed by atoms with Crippen LogP contribution in [0.5, 0.6) is 0 Å².